The van der Waals surface area contributed by atoms with Gasteiger partial charge in [0.15, 0.2) is 5.96 Å². The first-order valence-corrected chi connectivity index (χ1v) is 8.09. The number of benzene rings is 1. The normalized spacial score (nSPS) is 27.1. The number of ether oxygens (including phenoxy) is 2. The fraction of sp³-hybridized carbons (Fsp3) is 0.588. The van der Waals surface area contributed by atoms with E-state index in [9.17, 15) is 0 Å². The molecule has 2 bridgehead atoms. The Hall–Kier alpha value is -1.59. The zero-order valence-corrected chi connectivity index (χ0v) is 13.1. The van der Waals surface area contributed by atoms with Gasteiger partial charge in [0.2, 0.25) is 0 Å². The van der Waals surface area contributed by atoms with E-state index in [-0.39, 0.29) is 0 Å². The summed E-state index contributed by atoms with van der Waals surface area (Å²) in [5.41, 5.74) is 1.20. The molecule has 0 aliphatic carbocycles. The standard InChI is InChI=1S/C17H25N3O2/c1-18-17(20-15-11-14-7-8-16(15)22-14)19-9-10-21-12-13-5-3-2-4-6-13/h2-6,14-16H,7-12H2,1H3,(H2,18,19,20). The Morgan fingerprint density at radius 2 is 2.18 bits per heavy atom. The highest BCUT2D eigenvalue weighted by Crippen LogP contribution is 2.34. The lowest BCUT2D eigenvalue weighted by Crippen LogP contribution is -2.48. The van der Waals surface area contributed by atoms with Gasteiger partial charge in [-0.1, -0.05) is 30.3 Å². The molecule has 2 heterocycles. The van der Waals surface area contributed by atoms with Crippen molar-refractivity contribution in [1.29, 1.82) is 0 Å². The van der Waals surface area contributed by atoms with Gasteiger partial charge in [-0.15, -0.1) is 0 Å². The lowest BCUT2D eigenvalue weighted by Gasteiger charge is -2.22. The first-order valence-electron chi connectivity index (χ1n) is 8.09. The van der Waals surface area contributed by atoms with Crippen LogP contribution in [0.1, 0.15) is 24.8 Å². The first kappa shape index (κ1) is 15.3. The smallest absolute Gasteiger partial charge is 0.191 e. The Balaban J connectivity index is 1.32. The number of fused-ring (bicyclic) bond motifs is 2. The number of hydrogen-bond acceptors (Lipinski definition) is 3. The van der Waals surface area contributed by atoms with Crippen LogP contribution in [-0.2, 0) is 16.1 Å². The van der Waals surface area contributed by atoms with E-state index in [1.54, 1.807) is 7.05 Å². The Bertz CT molecular complexity index is 492. The molecule has 2 N–H and O–H groups in total. The summed E-state index contributed by atoms with van der Waals surface area (Å²) in [4.78, 5) is 4.27. The molecule has 120 valence electrons. The van der Waals surface area contributed by atoms with Crippen molar-refractivity contribution in [2.24, 2.45) is 4.99 Å². The number of hydrogen-bond donors (Lipinski definition) is 2. The van der Waals surface area contributed by atoms with Gasteiger partial charge in [0, 0.05) is 13.6 Å². The number of nitrogens with one attached hydrogen (secondary N) is 2. The maximum atomic E-state index is 5.85. The van der Waals surface area contributed by atoms with E-state index in [2.05, 4.69) is 27.8 Å². The van der Waals surface area contributed by atoms with E-state index in [0.29, 0.717) is 31.5 Å². The largest absolute Gasteiger partial charge is 0.375 e. The molecule has 2 saturated heterocycles. The average Bonchev–Trinajstić information content (AvgIpc) is 3.17. The van der Waals surface area contributed by atoms with Crippen molar-refractivity contribution in [3.05, 3.63) is 35.9 Å². The number of rotatable bonds is 6. The fourth-order valence-electron chi connectivity index (χ4n) is 3.17. The monoisotopic (exact) mass is 303 g/mol. The predicted molar refractivity (Wildman–Crippen MR) is 86.9 cm³/mol. The lowest BCUT2D eigenvalue weighted by molar-refractivity contribution is 0.0991. The molecule has 3 rings (SSSR count). The average molecular weight is 303 g/mol. The molecule has 0 spiro atoms. The summed E-state index contributed by atoms with van der Waals surface area (Å²) < 4.78 is 11.5. The quantitative estimate of drug-likeness (QED) is 0.477. The predicted octanol–water partition coefficient (Wildman–Crippen LogP) is 1.69. The molecule has 1 aromatic rings. The summed E-state index contributed by atoms with van der Waals surface area (Å²) in [7, 11) is 1.80. The summed E-state index contributed by atoms with van der Waals surface area (Å²) >= 11 is 0. The molecule has 2 aliphatic rings. The van der Waals surface area contributed by atoms with E-state index in [1.165, 1.54) is 18.4 Å². The molecule has 3 atom stereocenters. The van der Waals surface area contributed by atoms with Crippen LogP contribution in [0.3, 0.4) is 0 Å². The topological polar surface area (TPSA) is 54.9 Å². The van der Waals surface area contributed by atoms with E-state index < -0.39 is 0 Å². The summed E-state index contributed by atoms with van der Waals surface area (Å²) in [6.45, 7) is 2.05. The van der Waals surface area contributed by atoms with Crippen LogP contribution in [0.15, 0.2) is 35.3 Å². The van der Waals surface area contributed by atoms with Crippen LogP contribution < -0.4 is 10.6 Å². The van der Waals surface area contributed by atoms with Crippen LogP contribution in [0.4, 0.5) is 0 Å². The zero-order chi connectivity index (χ0) is 15.2. The van der Waals surface area contributed by atoms with Crippen molar-refractivity contribution in [1.82, 2.24) is 10.6 Å². The molecule has 0 radical (unpaired) electrons. The summed E-state index contributed by atoms with van der Waals surface area (Å²) in [6.07, 6.45) is 4.28. The van der Waals surface area contributed by atoms with Crippen molar-refractivity contribution in [2.75, 3.05) is 20.2 Å². The molecular weight excluding hydrogens is 278 g/mol. The number of nitrogens with zero attached hydrogens (tertiary/aromatic N) is 1. The molecule has 2 aliphatic heterocycles. The van der Waals surface area contributed by atoms with Crippen molar-refractivity contribution in [3.8, 4) is 0 Å². The van der Waals surface area contributed by atoms with Crippen LogP contribution in [0.5, 0.6) is 0 Å². The fourth-order valence-corrected chi connectivity index (χ4v) is 3.17. The molecule has 5 nitrogen and oxygen atoms in total. The first-order chi connectivity index (χ1) is 10.8. The minimum absolute atomic E-state index is 0.359. The lowest BCUT2D eigenvalue weighted by atomic mass is 9.96. The van der Waals surface area contributed by atoms with Crippen LogP contribution >= 0.6 is 0 Å². The zero-order valence-electron chi connectivity index (χ0n) is 13.1. The molecule has 5 heteroatoms. The van der Waals surface area contributed by atoms with Gasteiger partial charge in [0.1, 0.15) is 0 Å². The van der Waals surface area contributed by atoms with Gasteiger partial charge in [-0.25, -0.2) is 0 Å². The van der Waals surface area contributed by atoms with Crippen LogP contribution in [0, 0.1) is 0 Å². The van der Waals surface area contributed by atoms with Crippen LogP contribution in [0.2, 0.25) is 0 Å². The minimum atomic E-state index is 0.359. The van der Waals surface area contributed by atoms with E-state index in [0.717, 1.165) is 18.9 Å². The summed E-state index contributed by atoms with van der Waals surface area (Å²) in [6, 6.07) is 10.6. The highest BCUT2D eigenvalue weighted by Gasteiger charge is 2.40. The van der Waals surface area contributed by atoms with Gasteiger partial charge in [0.25, 0.3) is 0 Å². The molecule has 0 amide bonds. The molecule has 0 saturated carbocycles. The van der Waals surface area contributed by atoms with E-state index >= 15 is 0 Å². The van der Waals surface area contributed by atoms with Gasteiger partial charge in [-0.05, 0) is 24.8 Å². The second-order valence-corrected chi connectivity index (χ2v) is 5.90. The number of aliphatic imine (C=N–C) groups is 1. The maximum Gasteiger partial charge on any atom is 0.191 e. The number of guanidine groups is 1. The molecular formula is C17H25N3O2. The van der Waals surface area contributed by atoms with Crippen molar-refractivity contribution >= 4 is 5.96 Å². The Labute approximate surface area is 132 Å². The minimum Gasteiger partial charge on any atom is -0.375 e. The third kappa shape index (κ3) is 3.99. The second kappa shape index (κ2) is 7.61. The van der Waals surface area contributed by atoms with Crippen molar-refractivity contribution < 1.29 is 9.47 Å². The third-order valence-corrected chi connectivity index (χ3v) is 4.30. The summed E-state index contributed by atoms with van der Waals surface area (Å²) in [5.74, 6) is 0.837. The van der Waals surface area contributed by atoms with Crippen molar-refractivity contribution in [2.45, 2.75) is 44.1 Å². The Morgan fingerprint density at radius 1 is 1.32 bits per heavy atom. The highest BCUT2D eigenvalue weighted by molar-refractivity contribution is 5.80. The SMILES string of the molecule is CN=C(NCCOCc1ccccc1)NC1CC2CCC1O2. The summed E-state index contributed by atoms with van der Waals surface area (Å²) in [5, 5.41) is 6.76. The highest BCUT2D eigenvalue weighted by atomic mass is 16.5. The van der Waals surface area contributed by atoms with Gasteiger partial charge < -0.3 is 20.1 Å². The van der Waals surface area contributed by atoms with Gasteiger partial charge in [-0.3, -0.25) is 4.99 Å². The van der Waals surface area contributed by atoms with Crippen LogP contribution in [-0.4, -0.2) is 44.4 Å². The molecule has 22 heavy (non-hydrogen) atoms. The van der Waals surface area contributed by atoms with E-state index in [1.807, 2.05) is 18.2 Å². The Kier molecular flexibility index (Phi) is 5.29. The third-order valence-electron chi connectivity index (χ3n) is 4.30. The molecule has 2 fully saturated rings. The van der Waals surface area contributed by atoms with E-state index in [4.69, 9.17) is 9.47 Å². The van der Waals surface area contributed by atoms with Gasteiger partial charge >= 0.3 is 0 Å². The molecule has 3 unspecified atom stereocenters. The van der Waals surface area contributed by atoms with Gasteiger partial charge in [0.05, 0.1) is 31.5 Å². The van der Waals surface area contributed by atoms with Gasteiger partial charge in [-0.2, -0.15) is 0 Å². The van der Waals surface area contributed by atoms with Crippen LogP contribution in [0.25, 0.3) is 0 Å². The Morgan fingerprint density at radius 3 is 2.86 bits per heavy atom. The van der Waals surface area contributed by atoms with Crippen molar-refractivity contribution in [3.63, 3.8) is 0 Å². The molecule has 1 aromatic carbocycles. The molecule has 0 aromatic heterocycles. The second-order valence-electron chi connectivity index (χ2n) is 5.90. The maximum absolute atomic E-state index is 5.85.